The van der Waals surface area contributed by atoms with Crippen molar-refractivity contribution in [1.82, 2.24) is 0 Å². The fraction of sp³-hybridized carbons (Fsp3) is 0.474. The maximum absolute atomic E-state index is 7.86. The maximum atomic E-state index is 7.86. The Morgan fingerprint density at radius 3 is 2.55 bits per heavy atom. The Hall–Kier alpha value is -1.34. The van der Waals surface area contributed by atoms with Gasteiger partial charge in [0.25, 0.3) is 0 Å². The van der Waals surface area contributed by atoms with Gasteiger partial charge in [-0.05, 0) is 31.2 Å². The van der Waals surface area contributed by atoms with E-state index in [9.17, 15) is 0 Å². The van der Waals surface area contributed by atoms with Gasteiger partial charge in [0.1, 0.15) is 0 Å². The lowest BCUT2D eigenvalue weighted by Gasteiger charge is -2.01. The molecular weight excluding hydrogens is 244 g/mol. The first-order valence-electron chi connectivity index (χ1n) is 8.65. The summed E-state index contributed by atoms with van der Waals surface area (Å²) in [5.74, 6) is 0. The minimum atomic E-state index is 0.568. The van der Waals surface area contributed by atoms with E-state index < -0.39 is 0 Å². The average Bonchev–Trinajstić information content (AvgIpc) is 2.53. The molecule has 0 aromatic heterocycles. The molecule has 0 unspecified atom stereocenters. The van der Waals surface area contributed by atoms with Crippen LogP contribution in [0.1, 0.15) is 53.8 Å². The zero-order chi connectivity index (χ0) is 16.0. The molecule has 1 rings (SSSR count). The van der Waals surface area contributed by atoms with E-state index in [1.54, 1.807) is 0 Å². The second-order valence-electron chi connectivity index (χ2n) is 4.80. The molecule has 0 heterocycles. The normalized spacial score (nSPS) is 14.1. The summed E-state index contributed by atoms with van der Waals surface area (Å²) in [5, 5.41) is 0. The Morgan fingerprint density at radius 2 is 1.80 bits per heavy atom. The van der Waals surface area contributed by atoms with Gasteiger partial charge in [-0.2, -0.15) is 0 Å². The van der Waals surface area contributed by atoms with Gasteiger partial charge in [0.2, 0.25) is 0 Å². The Kier molecular flexibility index (Phi) is 8.65. The molecule has 20 heavy (non-hydrogen) atoms. The zero-order valence-corrected chi connectivity index (χ0v) is 12.6. The quantitative estimate of drug-likeness (QED) is 0.373. The average molecular weight is 274 g/mol. The van der Waals surface area contributed by atoms with Crippen molar-refractivity contribution < 1.29 is 7.48 Å². The Morgan fingerprint density at radius 1 is 1.05 bits per heavy atom. The molecule has 1 nitrogen and oxygen atoms in total. The summed E-state index contributed by atoms with van der Waals surface area (Å²) in [5.41, 5.74) is 1.16. The summed E-state index contributed by atoms with van der Waals surface area (Å²) in [6, 6.07) is 11.3. The van der Waals surface area contributed by atoms with Crippen LogP contribution in [0.15, 0.2) is 54.6 Å². The van der Waals surface area contributed by atoms with Crippen LogP contribution in [-0.2, 0) is 11.3 Å². The van der Waals surface area contributed by atoms with E-state index in [4.69, 9.17) is 7.48 Å². The first-order chi connectivity index (χ1) is 10.7. The molecule has 0 spiro atoms. The van der Waals surface area contributed by atoms with E-state index in [0.717, 1.165) is 18.4 Å². The third-order valence-electron chi connectivity index (χ3n) is 2.95. The van der Waals surface area contributed by atoms with Crippen LogP contribution >= 0.6 is 0 Å². The fourth-order valence-corrected chi connectivity index (χ4v) is 1.80. The van der Waals surface area contributed by atoms with Crippen molar-refractivity contribution in [2.45, 2.75) is 52.1 Å². The van der Waals surface area contributed by atoms with Gasteiger partial charge in [-0.3, -0.25) is 0 Å². The third-order valence-corrected chi connectivity index (χ3v) is 2.95. The lowest BCUT2D eigenvalue weighted by molar-refractivity contribution is 0.125. The number of hydrogen-bond donors (Lipinski definition) is 0. The highest BCUT2D eigenvalue weighted by Crippen LogP contribution is 2.02. The van der Waals surface area contributed by atoms with Crippen LogP contribution in [0, 0.1) is 0 Å². The summed E-state index contributed by atoms with van der Waals surface area (Å²) in [6.45, 7) is 3.34. The van der Waals surface area contributed by atoms with Crippen LogP contribution in [-0.4, -0.2) is 6.61 Å². The molecular formula is C19H28O. The molecule has 0 aliphatic carbocycles. The molecule has 0 saturated carbocycles. The number of hydrogen-bond acceptors (Lipinski definition) is 1. The molecule has 1 aromatic carbocycles. The van der Waals surface area contributed by atoms with E-state index >= 15 is 0 Å². The molecule has 0 radical (unpaired) electrons. The van der Waals surface area contributed by atoms with Gasteiger partial charge in [-0.25, -0.2) is 0 Å². The second-order valence-corrected chi connectivity index (χ2v) is 4.80. The molecule has 1 heteroatoms. The predicted octanol–water partition coefficient (Wildman–Crippen LogP) is 5.68. The molecule has 1 aromatic rings. The third kappa shape index (κ3) is 9.57. The maximum Gasteiger partial charge on any atom is 0.0717 e. The minimum Gasteiger partial charge on any atom is -0.376 e. The first-order valence-corrected chi connectivity index (χ1v) is 7.65. The van der Waals surface area contributed by atoms with Gasteiger partial charge in [0, 0.05) is 0 Å². The standard InChI is InChI=1S/C19H28O/c1-2-3-4-5-6-7-8-9-10-14-17-20-18-19-15-12-11-13-16-19/h6-7,9-13,15-16H,2-5,8,14,17-18H2,1H3/b7-6-,10-9-/i6D,10D. The monoisotopic (exact) mass is 274 g/mol. The van der Waals surface area contributed by atoms with E-state index in [1.165, 1.54) is 12.8 Å². The molecule has 0 bridgehead atoms. The molecule has 0 aliphatic rings. The zero-order valence-electron chi connectivity index (χ0n) is 14.6. The van der Waals surface area contributed by atoms with Crippen LogP contribution in [0.3, 0.4) is 0 Å². The van der Waals surface area contributed by atoms with E-state index in [0.29, 0.717) is 38.2 Å². The van der Waals surface area contributed by atoms with Gasteiger partial charge < -0.3 is 4.74 Å². The van der Waals surface area contributed by atoms with Crippen molar-refractivity contribution in [2.75, 3.05) is 6.61 Å². The highest BCUT2D eigenvalue weighted by Gasteiger charge is 1.89. The van der Waals surface area contributed by atoms with E-state index in [2.05, 4.69) is 6.92 Å². The fourth-order valence-electron chi connectivity index (χ4n) is 1.80. The SMILES string of the molecule is [2H]/C(=C/C/C=C(/[2H])CCOCc1ccccc1)CCCCC. The number of benzene rings is 1. The predicted molar refractivity (Wildman–Crippen MR) is 87.8 cm³/mol. The molecule has 0 atom stereocenters. The number of unbranched alkanes of at least 4 members (excludes halogenated alkanes) is 2. The molecule has 0 saturated heterocycles. The van der Waals surface area contributed by atoms with Gasteiger partial charge in [0.15, 0.2) is 0 Å². The summed E-state index contributed by atoms with van der Waals surface area (Å²) in [6.07, 6.45) is 9.43. The van der Waals surface area contributed by atoms with Crippen LogP contribution < -0.4 is 0 Å². The van der Waals surface area contributed by atoms with Gasteiger partial charge in [-0.1, -0.05) is 74.4 Å². The topological polar surface area (TPSA) is 9.23 Å². The van der Waals surface area contributed by atoms with Crippen molar-refractivity contribution in [1.29, 1.82) is 0 Å². The summed E-state index contributed by atoms with van der Waals surface area (Å²) in [7, 11) is 0. The number of allylic oxidation sites excluding steroid dienone is 3. The van der Waals surface area contributed by atoms with Crippen LogP contribution in [0.5, 0.6) is 0 Å². The van der Waals surface area contributed by atoms with Crippen molar-refractivity contribution >= 4 is 0 Å². The highest BCUT2D eigenvalue weighted by atomic mass is 16.5. The van der Waals surface area contributed by atoms with Crippen molar-refractivity contribution in [3.05, 3.63) is 60.2 Å². The highest BCUT2D eigenvalue weighted by molar-refractivity contribution is 5.13. The molecule has 0 N–H and O–H groups in total. The van der Waals surface area contributed by atoms with Crippen LogP contribution in [0.2, 0.25) is 0 Å². The lowest BCUT2D eigenvalue weighted by Crippen LogP contribution is -1.93. The van der Waals surface area contributed by atoms with Gasteiger partial charge in [-0.15, -0.1) is 0 Å². The summed E-state index contributed by atoms with van der Waals surface area (Å²) < 4.78 is 21.2. The van der Waals surface area contributed by atoms with Crippen molar-refractivity contribution in [2.24, 2.45) is 0 Å². The largest absolute Gasteiger partial charge is 0.376 e. The van der Waals surface area contributed by atoms with E-state index in [1.807, 2.05) is 42.5 Å². The van der Waals surface area contributed by atoms with Crippen molar-refractivity contribution in [3.63, 3.8) is 0 Å². The molecule has 110 valence electrons. The van der Waals surface area contributed by atoms with Gasteiger partial charge in [0.05, 0.1) is 16.0 Å². The summed E-state index contributed by atoms with van der Waals surface area (Å²) >= 11 is 0. The first kappa shape index (κ1) is 13.6. The summed E-state index contributed by atoms with van der Waals surface area (Å²) in [4.78, 5) is 0. The van der Waals surface area contributed by atoms with Crippen LogP contribution in [0.4, 0.5) is 0 Å². The number of rotatable bonds is 11. The molecule has 0 amide bonds. The van der Waals surface area contributed by atoms with E-state index in [-0.39, 0.29) is 0 Å². The smallest absolute Gasteiger partial charge is 0.0717 e. The number of ether oxygens (including phenoxy) is 1. The Bertz CT molecular complexity index is 452. The second kappa shape index (κ2) is 12.7. The van der Waals surface area contributed by atoms with Crippen LogP contribution in [0.25, 0.3) is 0 Å². The molecule has 0 aliphatic heterocycles. The van der Waals surface area contributed by atoms with Crippen molar-refractivity contribution in [3.8, 4) is 0 Å². The Labute approximate surface area is 127 Å². The van der Waals surface area contributed by atoms with Gasteiger partial charge >= 0.3 is 0 Å². The Balaban J connectivity index is 2.13. The lowest BCUT2D eigenvalue weighted by atomic mass is 10.2. The molecule has 0 fully saturated rings. The minimum absolute atomic E-state index is 0.568.